The summed E-state index contributed by atoms with van der Waals surface area (Å²) in [6, 6.07) is 14.2. The summed E-state index contributed by atoms with van der Waals surface area (Å²) in [6.07, 6.45) is 0.228. The molecule has 0 spiro atoms. The Kier molecular flexibility index (Phi) is 5.50. The van der Waals surface area contributed by atoms with Crippen molar-refractivity contribution in [2.45, 2.75) is 24.5 Å². The number of tetrazole rings is 1. The predicted octanol–water partition coefficient (Wildman–Crippen LogP) is 3.17. The Bertz CT molecular complexity index is 1070. The van der Waals surface area contributed by atoms with Crippen LogP contribution in [0.5, 0.6) is 0 Å². The van der Waals surface area contributed by atoms with Gasteiger partial charge in [0.15, 0.2) is 0 Å². The highest BCUT2D eigenvalue weighted by molar-refractivity contribution is 7.99. The summed E-state index contributed by atoms with van der Waals surface area (Å²) in [5.74, 6) is -0.127. The summed E-state index contributed by atoms with van der Waals surface area (Å²) in [6.45, 7) is 1.86. The van der Waals surface area contributed by atoms with E-state index in [4.69, 9.17) is 11.6 Å². The van der Waals surface area contributed by atoms with Gasteiger partial charge in [0, 0.05) is 17.5 Å². The van der Waals surface area contributed by atoms with Gasteiger partial charge >= 0.3 is 0 Å². The first-order chi connectivity index (χ1) is 14.0. The van der Waals surface area contributed by atoms with Crippen LogP contribution < -0.4 is 10.2 Å². The molecule has 4 rings (SSSR count). The molecular formula is C19H17ClN6O2S. The smallest absolute Gasteiger partial charge is 0.237 e. The Morgan fingerprint density at radius 3 is 2.93 bits per heavy atom. The number of hydrogen-bond donors (Lipinski definition) is 1. The van der Waals surface area contributed by atoms with E-state index in [9.17, 15) is 9.59 Å². The van der Waals surface area contributed by atoms with Crippen molar-refractivity contribution in [2.24, 2.45) is 0 Å². The molecule has 0 saturated carbocycles. The van der Waals surface area contributed by atoms with Gasteiger partial charge in [-0.05, 0) is 47.7 Å². The lowest BCUT2D eigenvalue weighted by Crippen LogP contribution is -2.40. The van der Waals surface area contributed by atoms with E-state index in [0.717, 1.165) is 0 Å². The Morgan fingerprint density at radius 2 is 2.10 bits per heavy atom. The number of halogens is 1. The number of para-hydroxylation sites is 2. The number of thioether (sulfide) groups is 1. The topological polar surface area (TPSA) is 93.0 Å². The van der Waals surface area contributed by atoms with Crippen LogP contribution in [0.3, 0.4) is 0 Å². The zero-order chi connectivity index (χ0) is 20.4. The maximum absolute atomic E-state index is 13.1. The van der Waals surface area contributed by atoms with Gasteiger partial charge in [-0.15, -0.1) is 5.10 Å². The second-order valence-electron chi connectivity index (χ2n) is 6.52. The van der Waals surface area contributed by atoms with E-state index in [0.29, 0.717) is 27.2 Å². The van der Waals surface area contributed by atoms with Crippen LogP contribution in [0.15, 0.2) is 53.7 Å². The molecule has 0 radical (unpaired) electrons. The Morgan fingerprint density at radius 1 is 1.28 bits per heavy atom. The van der Waals surface area contributed by atoms with E-state index in [-0.39, 0.29) is 30.0 Å². The van der Waals surface area contributed by atoms with E-state index in [1.165, 1.54) is 16.4 Å². The largest absolute Gasteiger partial charge is 0.324 e. The lowest BCUT2D eigenvalue weighted by atomic mass is 10.2. The molecule has 3 aromatic rings. The van der Waals surface area contributed by atoms with Crippen molar-refractivity contribution in [3.63, 3.8) is 0 Å². The van der Waals surface area contributed by atoms with Crippen LogP contribution in [0.2, 0.25) is 5.02 Å². The number of hydrogen-bond acceptors (Lipinski definition) is 6. The van der Waals surface area contributed by atoms with Crippen molar-refractivity contribution >= 4 is 46.6 Å². The number of fused-ring (bicyclic) bond motifs is 1. The Balaban J connectivity index is 1.55. The molecule has 0 unspecified atom stereocenters. The van der Waals surface area contributed by atoms with Crippen molar-refractivity contribution in [3.8, 4) is 5.69 Å². The van der Waals surface area contributed by atoms with Gasteiger partial charge in [-0.1, -0.05) is 41.6 Å². The number of amides is 2. The van der Waals surface area contributed by atoms with Crippen LogP contribution in [0.1, 0.15) is 13.3 Å². The van der Waals surface area contributed by atoms with Gasteiger partial charge in [-0.25, -0.2) is 0 Å². The van der Waals surface area contributed by atoms with Crippen LogP contribution >= 0.6 is 23.4 Å². The summed E-state index contributed by atoms with van der Waals surface area (Å²) in [5.41, 5.74) is 2.02. The fourth-order valence-corrected chi connectivity index (χ4v) is 4.14. The van der Waals surface area contributed by atoms with Gasteiger partial charge in [0.25, 0.3) is 0 Å². The average molecular weight is 429 g/mol. The third-order valence-corrected chi connectivity index (χ3v) is 5.59. The molecule has 1 aromatic heterocycles. The number of rotatable bonds is 4. The molecule has 1 aliphatic heterocycles. The van der Waals surface area contributed by atoms with E-state index in [1.54, 1.807) is 29.2 Å². The number of nitrogens with one attached hydrogen (secondary N) is 1. The monoisotopic (exact) mass is 428 g/mol. The van der Waals surface area contributed by atoms with Crippen LogP contribution in [0, 0.1) is 0 Å². The molecule has 148 valence electrons. The minimum atomic E-state index is -0.268. The molecule has 0 fully saturated rings. The second kappa shape index (κ2) is 8.22. The molecule has 2 aromatic carbocycles. The van der Waals surface area contributed by atoms with E-state index in [2.05, 4.69) is 20.8 Å². The molecule has 1 atom stereocenters. The first kappa shape index (κ1) is 19.4. The highest BCUT2D eigenvalue weighted by Gasteiger charge is 2.29. The minimum Gasteiger partial charge on any atom is -0.324 e. The van der Waals surface area contributed by atoms with Crippen LogP contribution in [-0.2, 0) is 9.59 Å². The zero-order valence-electron chi connectivity index (χ0n) is 15.4. The van der Waals surface area contributed by atoms with Crippen molar-refractivity contribution in [2.75, 3.05) is 16.0 Å². The van der Waals surface area contributed by atoms with Crippen LogP contribution in [0.25, 0.3) is 5.69 Å². The summed E-state index contributed by atoms with van der Waals surface area (Å²) in [4.78, 5) is 26.9. The normalized spacial score (nSPS) is 16.1. The van der Waals surface area contributed by atoms with Crippen LogP contribution in [-0.4, -0.2) is 43.8 Å². The van der Waals surface area contributed by atoms with Crippen LogP contribution in [0.4, 0.5) is 11.4 Å². The molecule has 1 aliphatic rings. The van der Waals surface area contributed by atoms with Crippen molar-refractivity contribution in [1.29, 1.82) is 0 Å². The van der Waals surface area contributed by atoms with E-state index >= 15 is 0 Å². The highest BCUT2D eigenvalue weighted by Crippen LogP contribution is 2.32. The molecular weight excluding hydrogens is 412 g/mol. The molecule has 2 heterocycles. The number of anilines is 2. The average Bonchev–Trinajstić information content (AvgIpc) is 3.11. The summed E-state index contributed by atoms with van der Waals surface area (Å²) in [5, 5.41) is 15.6. The van der Waals surface area contributed by atoms with Gasteiger partial charge < -0.3 is 10.2 Å². The number of benzene rings is 2. The van der Waals surface area contributed by atoms with E-state index in [1.807, 2.05) is 31.2 Å². The Labute approximate surface area is 176 Å². The quantitative estimate of drug-likeness (QED) is 0.641. The Hall–Kier alpha value is -2.91. The molecule has 1 N–H and O–H groups in total. The molecule has 0 saturated heterocycles. The van der Waals surface area contributed by atoms with Gasteiger partial charge in [0.2, 0.25) is 17.0 Å². The summed E-state index contributed by atoms with van der Waals surface area (Å²) >= 11 is 7.28. The maximum atomic E-state index is 13.1. The summed E-state index contributed by atoms with van der Waals surface area (Å²) < 4.78 is 1.54. The number of nitrogens with zero attached hydrogens (tertiary/aromatic N) is 5. The van der Waals surface area contributed by atoms with Crippen molar-refractivity contribution < 1.29 is 9.59 Å². The number of carbonyl (C=O) groups excluding carboxylic acids is 2. The molecule has 2 amide bonds. The highest BCUT2D eigenvalue weighted by atomic mass is 35.5. The third-order valence-electron chi connectivity index (χ3n) is 4.45. The number of aromatic nitrogens is 4. The fraction of sp³-hybridized carbons (Fsp3) is 0.211. The zero-order valence-corrected chi connectivity index (χ0v) is 17.0. The second-order valence-corrected chi connectivity index (χ2v) is 7.90. The SMILES string of the molecule is C[C@H]1CC(=O)Nc2ccccc2N1C(=O)CSc1nnnn1-c1cccc(Cl)c1. The molecule has 0 bridgehead atoms. The fourth-order valence-electron chi connectivity index (χ4n) is 3.20. The molecule has 8 nitrogen and oxygen atoms in total. The van der Waals surface area contributed by atoms with Crippen molar-refractivity contribution in [1.82, 2.24) is 20.2 Å². The standard InChI is InChI=1S/C19H17ClN6O2S/c1-12-9-17(27)21-15-7-2-3-8-16(15)25(12)18(28)11-29-19-22-23-24-26(19)14-6-4-5-13(20)10-14/h2-8,10,12H,9,11H2,1H3,(H,21,27)/t12-/m0/s1. The van der Waals surface area contributed by atoms with Gasteiger partial charge in [-0.2, -0.15) is 4.68 Å². The van der Waals surface area contributed by atoms with Crippen molar-refractivity contribution in [3.05, 3.63) is 53.6 Å². The van der Waals surface area contributed by atoms with Gasteiger partial charge in [-0.3, -0.25) is 9.59 Å². The maximum Gasteiger partial charge on any atom is 0.237 e. The first-order valence-electron chi connectivity index (χ1n) is 8.91. The predicted molar refractivity (Wildman–Crippen MR) is 112 cm³/mol. The molecule has 0 aliphatic carbocycles. The third kappa shape index (κ3) is 4.10. The number of carbonyl (C=O) groups is 2. The van der Waals surface area contributed by atoms with Gasteiger partial charge in [0.1, 0.15) is 0 Å². The first-order valence-corrected chi connectivity index (χ1v) is 10.3. The molecule has 10 heteroatoms. The summed E-state index contributed by atoms with van der Waals surface area (Å²) in [7, 11) is 0. The lowest BCUT2D eigenvalue weighted by Gasteiger charge is -2.27. The molecule has 29 heavy (non-hydrogen) atoms. The lowest BCUT2D eigenvalue weighted by molar-refractivity contribution is -0.117. The van der Waals surface area contributed by atoms with E-state index < -0.39 is 0 Å². The van der Waals surface area contributed by atoms with Gasteiger partial charge in [0.05, 0.1) is 22.8 Å². The minimum absolute atomic E-state index is 0.113.